The largest absolute Gasteiger partial charge is 0.497 e. The van der Waals surface area contributed by atoms with E-state index in [2.05, 4.69) is 26.5 Å². The van der Waals surface area contributed by atoms with Crippen molar-refractivity contribution >= 4 is 34.0 Å². The zero-order chi connectivity index (χ0) is 22.2. The van der Waals surface area contributed by atoms with E-state index >= 15 is 0 Å². The number of methoxy groups -OCH3 is 2. The van der Waals surface area contributed by atoms with Gasteiger partial charge in [-0.1, -0.05) is 15.9 Å². The zero-order valence-electron chi connectivity index (χ0n) is 16.8. The number of halogens is 1. The van der Waals surface area contributed by atoms with Crippen LogP contribution in [0.25, 0.3) is 0 Å². The minimum absolute atomic E-state index is 0.298. The van der Waals surface area contributed by atoms with E-state index in [1.54, 1.807) is 80.9 Å². The average molecular weight is 483 g/mol. The molecule has 158 valence electrons. The Labute approximate surface area is 187 Å². The number of nitrogens with zero attached hydrogens (tertiary/aromatic N) is 1. The van der Waals surface area contributed by atoms with Gasteiger partial charge in [-0.2, -0.15) is 5.10 Å². The van der Waals surface area contributed by atoms with Crippen molar-refractivity contribution in [2.45, 2.75) is 0 Å². The molecular weight excluding hydrogens is 464 g/mol. The Hall–Kier alpha value is -3.65. The number of rotatable bonds is 7. The fourth-order valence-corrected chi connectivity index (χ4v) is 2.95. The first-order valence-electron chi connectivity index (χ1n) is 9.13. The minimum atomic E-state index is -0.526. The van der Waals surface area contributed by atoms with Crippen LogP contribution in [0.15, 0.2) is 76.3 Å². The van der Waals surface area contributed by atoms with Gasteiger partial charge in [0.1, 0.15) is 17.2 Å². The van der Waals surface area contributed by atoms with E-state index in [-0.39, 0.29) is 5.91 Å². The van der Waals surface area contributed by atoms with Crippen molar-refractivity contribution in [1.29, 1.82) is 0 Å². The van der Waals surface area contributed by atoms with Crippen molar-refractivity contribution in [2.24, 2.45) is 5.10 Å². The van der Waals surface area contributed by atoms with Crippen molar-refractivity contribution in [3.05, 3.63) is 87.9 Å². The number of esters is 1. The molecule has 0 heterocycles. The zero-order valence-corrected chi connectivity index (χ0v) is 18.4. The van der Waals surface area contributed by atoms with Crippen LogP contribution in [0.3, 0.4) is 0 Å². The SMILES string of the molecule is COc1ccc(C(=O)NN=Cc2cc(Br)ccc2OC(=O)c2ccc(OC)cc2)cc1. The van der Waals surface area contributed by atoms with Gasteiger partial charge in [-0.25, -0.2) is 10.2 Å². The van der Waals surface area contributed by atoms with E-state index in [1.807, 2.05) is 0 Å². The molecule has 3 aromatic carbocycles. The molecule has 1 N–H and O–H groups in total. The highest BCUT2D eigenvalue weighted by molar-refractivity contribution is 9.10. The van der Waals surface area contributed by atoms with Crippen LogP contribution < -0.4 is 19.6 Å². The van der Waals surface area contributed by atoms with Gasteiger partial charge in [-0.3, -0.25) is 4.79 Å². The molecule has 0 atom stereocenters. The van der Waals surface area contributed by atoms with Gasteiger partial charge in [-0.05, 0) is 66.7 Å². The van der Waals surface area contributed by atoms with Gasteiger partial charge in [0.2, 0.25) is 0 Å². The van der Waals surface area contributed by atoms with Crippen LogP contribution in [0.5, 0.6) is 17.2 Å². The van der Waals surface area contributed by atoms with Crippen LogP contribution in [-0.2, 0) is 0 Å². The van der Waals surface area contributed by atoms with Crippen LogP contribution in [0, 0.1) is 0 Å². The maximum absolute atomic E-state index is 12.5. The minimum Gasteiger partial charge on any atom is -0.497 e. The molecule has 0 saturated carbocycles. The molecule has 0 aliphatic rings. The van der Waals surface area contributed by atoms with Crippen molar-refractivity contribution in [2.75, 3.05) is 14.2 Å². The fraction of sp³-hybridized carbons (Fsp3) is 0.0870. The lowest BCUT2D eigenvalue weighted by atomic mass is 10.2. The van der Waals surface area contributed by atoms with Crippen molar-refractivity contribution in [3.8, 4) is 17.2 Å². The molecule has 31 heavy (non-hydrogen) atoms. The van der Waals surface area contributed by atoms with Gasteiger partial charge >= 0.3 is 5.97 Å². The third kappa shape index (κ3) is 5.93. The standard InChI is InChI=1S/C23H19BrN2O5/c1-29-19-8-3-15(4-9-19)22(27)26-25-14-17-13-18(24)7-12-21(17)31-23(28)16-5-10-20(30-2)11-6-16/h3-14H,1-2H3,(H,26,27). The highest BCUT2D eigenvalue weighted by Crippen LogP contribution is 2.23. The first-order chi connectivity index (χ1) is 15.0. The molecule has 0 saturated heterocycles. The Morgan fingerprint density at radius 3 is 2.03 bits per heavy atom. The van der Waals surface area contributed by atoms with Gasteiger partial charge in [0.25, 0.3) is 5.91 Å². The summed E-state index contributed by atoms with van der Waals surface area (Å²) in [7, 11) is 3.10. The number of ether oxygens (including phenoxy) is 3. The molecule has 0 aliphatic heterocycles. The maximum atomic E-state index is 12.5. The predicted molar refractivity (Wildman–Crippen MR) is 120 cm³/mol. The summed E-state index contributed by atoms with van der Waals surface area (Å²) in [6.07, 6.45) is 1.41. The van der Waals surface area contributed by atoms with Crippen LogP contribution >= 0.6 is 15.9 Å². The number of benzene rings is 3. The molecule has 0 aromatic heterocycles. The summed E-state index contributed by atoms with van der Waals surface area (Å²) in [4.78, 5) is 24.7. The number of hydrazone groups is 1. The number of amides is 1. The topological polar surface area (TPSA) is 86.2 Å². The second-order valence-corrected chi connectivity index (χ2v) is 7.14. The molecule has 0 spiro atoms. The van der Waals surface area contributed by atoms with Crippen molar-refractivity contribution < 1.29 is 23.8 Å². The lowest BCUT2D eigenvalue weighted by molar-refractivity contribution is 0.0734. The van der Waals surface area contributed by atoms with Crippen LogP contribution in [0.4, 0.5) is 0 Å². The Morgan fingerprint density at radius 2 is 1.45 bits per heavy atom. The molecule has 0 bridgehead atoms. The number of hydrogen-bond donors (Lipinski definition) is 1. The summed E-state index contributed by atoms with van der Waals surface area (Å²) in [5.74, 6) is 0.678. The molecule has 3 rings (SSSR count). The Morgan fingerprint density at radius 1 is 0.871 bits per heavy atom. The van der Waals surface area contributed by atoms with E-state index in [0.717, 1.165) is 4.47 Å². The number of hydrogen-bond acceptors (Lipinski definition) is 6. The summed E-state index contributed by atoms with van der Waals surface area (Å²) in [6.45, 7) is 0. The molecule has 1 amide bonds. The molecule has 0 unspecified atom stereocenters. The van der Waals surface area contributed by atoms with Crippen molar-refractivity contribution in [3.63, 3.8) is 0 Å². The molecule has 7 nitrogen and oxygen atoms in total. The van der Waals surface area contributed by atoms with E-state index in [1.165, 1.54) is 6.21 Å². The van der Waals surface area contributed by atoms with E-state index in [0.29, 0.717) is 33.9 Å². The second-order valence-electron chi connectivity index (χ2n) is 6.23. The monoisotopic (exact) mass is 482 g/mol. The molecule has 8 heteroatoms. The summed E-state index contributed by atoms with van der Waals surface area (Å²) in [6, 6.07) is 18.3. The summed E-state index contributed by atoms with van der Waals surface area (Å²) in [5.41, 5.74) is 3.76. The van der Waals surface area contributed by atoms with Gasteiger partial charge in [0, 0.05) is 15.6 Å². The number of nitrogens with one attached hydrogen (secondary N) is 1. The van der Waals surface area contributed by atoms with E-state index in [9.17, 15) is 9.59 Å². The first kappa shape index (κ1) is 22.0. The van der Waals surface area contributed by atoms with Gasteiger partial charge in [0.05, 0.1) is 26.0 Å². The molecule has 0 radical (unpaired) electrons. The van der Waals surface area contributed by atoms with E-state index in [4.69, 9.17) is 14.2 Å². The van der Waals surface area contributed by atoms with E-state index < -0.39 is 5.97 Å². The average Bonchev–Trinajstić information content (AvgIpc) is 2.80. The molecule has 3 aromatic rings. The smallest absolute Gasteiger partial charge is 0.343 e. The summed E-state index contributed by atoms with van der Waals surface area (Å²) < 4.78 is 16.4. The van der Waals surface area contributed by atoms with Crippen LogP contribution in [-0.4, -0.2) is 32.3 Å². The van der Waals surface area contributed by atoms with Gasteiger partial charge < -0.3 is 14.2 Å². The quantitative estimate of drug-likeness (QED) is 0.232. The lowest BCUT2D eigenvalue weighted by Gasteiger charge is -2.08. The van der Waals surface area contributed by atoms with Crippen LogP contribution in [0.2, 0.25) is 0 Å². The van der Waals surface area contributed by atoms with Crippen LogP contribution in [0.1, 0.15) is 26.3 Å². The lowest BCUT2D eigenvalue weighted by Crippen LogP contribution is -2.17. The summed E-state index contributed by atoms with van der Waals surface area (Å²) >= 11 is 3.38. The second kappa shape index (κ2) is 10.4. The molecule has 0 aliphatic carbocycles. The highest BCUT2D eigenvalue weighted by atomic mass is 79.9. The third-order valence-electron chi connectivity index (χ3n) is 4.22. The summed E-state index contributed by atoms with van der Waals surface area (Å²) in [5, 5.41) is 3.98. The highest BCUT2D eigenvalue weighted by Gasteiger charge is 2.12. The number of carbonyl (C=O) groups is 2. The predicted octanol–water partition coefficient (Wildman–Crippen LogP) is 4.45. The Balaban J connectivity index is 1.71. The number of carbonyl (C=O) groups excluding carboxylic acids is 2. The fourth-order valence-electron chi connectivity index (χ4n) is 2.57. The molecular formula is C23H19BrN2O5. The maximum Gasteiger partial charge on any atom is 0.343 e. The van der Waals surface area contributed by atoms with Crippen molar-refractivity contribution in [1.82, 2.24) is 5.43 Å². The van der Waals surface area contributed by atoms with Gasteiger partial charge in [0.15, 0.2) is 0 Å². The third-order valence-corrected chi connectivity index (χ3v) is 4.72. The Bertz CT molecular complexity index is 1100. The van der Waals surface area contributed by atoms with Gasteiger partial charge in [-0.15, -0.1) is 0 Å². The Kier molecular flexibility index (Phi) is 7.40. The first-order valence-corrected chi connectivity index (χ1v) is 9.92. The molecule has 0 fully saturated rings. The normalized spacial score (nSPS) is 10.5.